The topological polar surface area (TPSA) is 33.5 Å². The van der Waals surface area contributed by atoms with Crippen LogP contribution in [0.4, 0.5) is 22.7 Å². The third kappa shape index (κ3) is 8.02. The van der Waals surface area contributed by atoms with Gasteiger partial charge in [0.05, 0.1) is 0 Å². The number of rotatable bonds is 9. The molecule has 0 fully saturated rings. The van der Waals surface area contributed by atoms with Crippen LogP contribution in [0.5, 0.6) is 11.5 Å². The van der Waals surface area contributed by atoms with E-state index in [1.807, 2.05) is 12.3 Å². The molecule has 6 heteroatoms. The second kappa shape index (κ2) is 17.1. The Hall–Kier alpha value is -6.42. The van der Waals surface area contributed by atoms with Gasteiger partial charge in [-0.05, 0) is 106 Å². The molecule has 0 aliphatic carbocycles. The van der Waals surface area contributed by atoms with Crippen LogP contribution < -0.4 is 14.5 Å². The predicted octanol–water partition coefficient (Wildman–Crippen LogP) is 15.5. The number of para-hydroxylation sites is 1. The summed E-state index contributed by atoms with van der Waals surface area (Å²) in [6.45, 7) is 22.4. The minimum absolute atomic E-state index is 0. The summed E-state index contributed by atoms with van der Waals surface area (Å²) in [5, 5.41) is 2.23. The Bertz CT molecular complexity index is 3220. The summed E-state index contributed by atoms with van der Waals surface area (Å²) in [6.07, 6.45) is 1.91. The van der Waals surface area contributed by atoms with E-state index in [0.29, 0.717) is 11.5 Å². The van der Waals surface area contributed by atoms with Crippen LogP contribution in [0.1, 0.15) is 87.4 Å². The molecule has 5 nitrogen and oxygen atoms in total. The van der Waals surface area contributed by atoms with Gasteiger partial charge < -0.3 is 19.1 Å². The van der Waals surface area contributed by atoms with E-state index in [1.54, 1.807) is 0 Å². The van der Waals surface area contributed by atoms with Crippen molar-refractivity contribution in [2.75, 3.05) is 9.80 Å². The van der Waals surface area contributed by atoms with Crippen LogP contribution in [0.25, 0.3) is 27.6 Å². The van der Waals surface area contributed by atoms with Gasteiger partial charge in [-0.25, -0.2) is 4.98 Å². The van der Waals surface area contributed by atoms with Gasteiger partial charge in [0.2, 0.25) is 0 Å². The molecular formula is C60H55N4OPt-3. The summed E-state index contributed by atoms with van der Waals surface area (Å²) < 4.78 is 9.16. The summed E-state index contributed by atoms with van der Waals surface area (Å²) in [7, 11) is 0. The van der Waals surface area contributed by atoms with Gasteiger partial charge in [0.25, 0.3) is 0 Å². The van der Waals surface area contributed by atoms with Crippen LogP contribution in [-0.2, 0) is 37.3 Å². The number of aryl methyl sites for hydroxylation is 2. The molecule has 0 bridgehead atoms. The minimum Gasteiger partial charge on any atom is -0.509 e. The standard InChI is InChI=1S/C60H55N4O.Pt/c1-40-32-55-56(33-41(40)2)63(39-62(55)47-26-24-44(25-27-47)59(6,7)42-18-12-10-13-19-42)48-34-46(60(8,9)43-20-14-11-15-21-43)35-50(37-48)65-49-28-29-52-51-22-16-17-23-53(51)64(54(52)38-49)57-36-45(30-31-61-57)58(3,4)5;/h10-36,39H,1-9H3;/q-3;. The molecule has 10 rings (SSSR count). The molecule has 0 N–H and O–H groups in total. The van der Waals surface area contributed by atoms with Crippen LogP contribution in [0, 0.1) is 32.6 Å². The molecule has 2 aromatic heterocycles. The van der Waals surface area contributed by atoms with E-state index in [-0.39, 0.29) is 37.3 Å². The quantitative estimate of drug-likeness (QED) is 0.135. The zero-order valence-corrected chi connectivity index (χ0v) is 41.5. The van der Waals surface area contributed by atoms with Crippen molar-refractivity contribution in [3.05, 3.63) is 222 Å². The van der Waals surface area contributed by atoms with Gasteiger partial charge in [-0.15, -0.1) is 53.6 Å². The molecule has 0 amide bonds. The average Bonchev–Trinajstić information content (AvgIpc) is 3.84. The summed E-state index contributed by atoms with van der Waals surface area (Å²) in [5.74, 6) is 2.06. The molecular weight excluding hydrogens is 988 g/mol. The summed E-state index contributed by atoms with van der Waals surface area (Å²) in [6, 6.07) is 63.9. The Morgan fingerprint density at radius 1 is 0.515 bits per heavy atom. The Kier molecular flexibility index (Phi) is 11.6. The van der Waals surface area contributed by atoms with Gasteiger partial charge in [0.15, 0.2) is 0 Å². The monoisotopic (exact) mass is 1040 g/mol. The molecule has 0 radical (unpaired) electrons. The molecule has 0 unspecified atom stereocenters. The van der Waals surface area contributed by atoms with Gasteiger partial charge in [0.1, 0.15) is 5.82 Å². The molecule has 1 aliphatic rings. The van der Waals surface area contributed by atoms with Gasteiger partial charge in [-0.2, -0.15) is 6.07 Å². The van der Waals surface area contributed by atoms with Gasteiger partial charge in [-0.1, -0.05) is 145 Å². The summed E-state index contributed by atoms with van der Waals surface area (Å²) >= 11 is 0. The Morgan fingerprint density at radius 2 is 1.11 bits per heavy atom. The number of fused-ring (bicyclic) bond motifs is 4. The van der Waals surface area contributed by atoms with Crippen LogP contribution in [0.15, 0.2) is 164 Å². The first-order valence-corrected chi connectivity index (χ1v) is 22.6. The van der Waals surface area contributed by atoms with E-state index in [9.17, 15) is 0 Å². The van der Waals surface area contributed by atoms with Crippen molar-refractivity contribution in [1.29, 1.82) is 0 Å². The van der Waals surface area contributed by atoms with E-state index < -0.39 is 0 Å². The molecule has 7 aromatic carbocycles. The number of hydrogen-bond donors (Lipinski definition) is 0. The Morgan fingerprint density at radius 3 is 1.76 bits per heavy atom. The van der Waals surface area contributed by atoms with E-state index >= 15 is 0 Å². The molecule has 0 saturated heterocycles. The number of benzene rings is 7. The maximum Gasteiger partial charge on any atom is 0.135 e. The number of nitrogens with zero attached hydrogens (tertiary/aromatic N) is 4. The third-order valence-corrected chi connectivity index (χ3v) is 13.6. The number of anilines is 4. The SMILES string of the molecule is Cc1cc2c(cc1C)N(c1ccc(C(C)(C)c3ccccc3)cc1)[CH-]N2c1[c-]c(Oc2[c-]c3c(cc2)c2ccccc2n3-c2cc(C(C)(C)C)ccn2)cc(C(C)(C)c2ccccc2)c1.[Pt]. The van der Waals surface area contributed by atoms with Crippen molar-refractivity contribution in [3.63, 3.8) is 0 Å². The smallest absolute Gasteiger partial charge is 0.135 e. The molecule has 0 atom stereocenters. The fraction of sp³-hybridized carbons (Fsp3) is 0.200. The Balaban J connectivity index is 0.00000548. The molecule has 0 saturated carbocycles. The van der Waals surface area contributed by atoms with Crippen LogP contribution >= 0.6 is 0 Å². The zero-order chi connectivity index (χ0) is 45.3. The second-order valence-electron chi connectivity index (χ2n) is 19.6. The molecule has 9 aromatic rings. The fourth-order valence-corrected chi connectivity index (χ4v) is 9.26. The first-order chi connectivity index (χ1) is 31.2. The van der Waals surface area contributed by atoms with Crippen molar-refractivity contribution >= 4 is 44.6 Å². The fourth-order valence-electron chi connectivity index (χ4n) is 9.26. The van der Waals surface area contributed by atoms with Gasteiger partial charge >= 0.3 is 0 Å². The summed E-state index contributed by atoms with van der Waals surface area (Å²) in [4.78, 5) is 9.46. The molecule has 1 aliphatic heterocycles. The Labute approximate surface area is 405 Å². The summed E-state index contributed by atoms with van der Waals surface area (Å²) in [5.41, 5.74) is 14.2. The first kappa shape index (κ1) is 44.8. The predicted molar refractivity (Wildman–Crippen MR) is 270 cm³/mol. The van der Waals surface area contributed by atoms with E-state index in [4.69, 9.17) is 9.72 Å². The normalized spacial score (nSPS) is 13.0. The van der Waals surface area contributed by atoms with Crippen molar-refractivity contribution in [2.45, 2.75) is 78.6 Å². The minimum atomic E-state index is -0.361. The maximum atomic E-state index is 6.95. The zero-order valence-electron chi connectivity index (χ0n) is 39.2. The van der Waals surface area contributed by atoms with Gasteiger partial charge in [0, 0.05) is 66.8 Å². The molecule has 66 heavy (non-hydrogen) atoms. The number of ether oxygens (including phenoxy) is 1. The van der Waals surface area contributed by atoms with Gasteiger partial charge in [-0.3, -0.25) is 0 Å². The molecule has 334 valence electrons. The maximum absolute atomic E-state index is 6.95. The largest absolute Gasteiger partial charge is 0.509 e. The van der Waals surface area contributed by atoms with E-state index in [0.717, 1.165) is 55.9 Å². The average molecular weight is 1040 g/mol. The molecule has 3 heterocycles. The van der Waals surface area contributed by atoms with Crippen molar-refractivity contribution in [2.24, 2.45) is 0 Å². The van der Waals surface area contributed by atoms with Crippen LogP contribution in [0.2, 0.25) is 0 Å². The number of pyridine rings is 1. The molecule has 0 spiro atoms. The van der Waals surface area contributed by atoms with E-state index in [2.05, 4.69) is 247 Å². The van der Waals surface area contributed by atoms with Crippen LogP contribution in [0.3, 0.4) is 0 Å². The van der Waals surface area contributed by atoms with Crippen molar-refractivity contribution < 1.29 is 25.8 Å². The number of aromatic nitrogens is 2. The van der Waals surface area contributed by atoms with E-state index in [1.165, 1.54) is 33.4 Å². The van der Waals surface area contributed by atoms with Crippen LogP contribution in [-0.4, -0.2) is 9.55 Å². The van der Waals surface area contributed by atoms with Crippen molar-refractivity contribution in [3.8, 4) is 17.3 Å². The third-order valence-electron chi connectivity index (χ3n) is 13.6. The van der Waals surface area contributed by atoms with Crippen molar-refractivity contribution in [1.82, 2.24) is 9.55 Å². The second-order valence-corrected chi connectivity index (χ2v) is 19.6. The number of hydrogen-bond acceptors (Lipinski definition) is 4. The first-order valence-electron chi connectivity index (χ1n) is 22.6.